The number of oxime groups is 1. The van der Waals surface area contributed by atoms with E-state index in [2.05, 4.69) is 26.4 Å². The molecule has 1 atom stereocenters. The van der Waals surface area contributed by atoms with Gasteiger partial charge in [-0.1, -0.05) is 37.2 Å². The quantitative estimate of drug-likeness (QED) is 0.586. The van der Waals surface area contributed by atoms with Crippen LogP contribution < -0.4 is 5.32 Å². The third kappa shape index (κ3) is 4.20. The zero-order valence-corrected chi connectivity index (χ0v) is 15.9. The number of halogens is 4. The van der Waals surface area contributed by atoms with Gasteiger partial charge < -0.3 is 10.2 Å². The lowest BCUT2D eigenvalue weighted by molar-refractivity contribution is -0.137. The van der Waals surface area contributed by atoms with Crippen LogP contribution >= 0.6 is 15.9 Å². The van der Waals surface area contributed by atoms with Crippen molar-refractivity contribution in [1.82, 2.24) is 0 Å². The summed E-state index contributed by atoms with van der Waals surface area (Å²) in [6.45, 7) is 4.08. The molecule has 2 aromatic rings. The lowest BCUT2D eigenvalue weighted by Crippen LogP contribution is -2.06. The molecule has 0 aromatic heterocycles. The van der Waals surface area contributed by atoms with Gasteiger partial charge in [0, 0.05) is 17.8 Å². The molecule has 0 bridgehead atoms. The molecule has 0 radical (unpaired) electrons. The SMILES string of the molecule is CC(C)c1ccc([C@H]2CC(Br)=NO2)cc1Nc1cccc(C(F)(F)F)c1. The number of benzene rings is 2. The molecular weight excluding hydrogens is 409 g/mol. The van der Waals surface area contributed by atoms with Crippen LogP contribution in [0.1, 0.15) is 49.0 Å². The molecule has 0 aliphatic carbocycles. The lowest BCUT2D eigenvalue weighted by atomic mass is 9.96. The van der Waals surface area contributed by atoms with Crippen LogP contribution in [0.5, 0.6) is 0 Å². The van der Waals surface area contributed by atoms with Crippen molar-refractivity contribution in [1.29, 1.82) is 0 Å². The van der Waals surface area contributed by atoms with E-state index >= 15 is 0 Å². The van der Waals surface area contributed by atoms with Crippen molar-refractivity contribution in [2.24, 2.45) is 5.16 Å². The van der Waals surface area contributed by atoms with Gasteiger partial charge in [-0.25, -0.2) is 0 Å². The van der Waals surface area contributed by atoms with E-state index in [0.29, 0.717) is 12.1 Å². The Balaban J connectivity index is 1.92. The van der Waals surface area contributed by atoms with E-state index in [1.165, 1.54) is 6.07 Å². The van der Waals surface area contributed by atoms with Crippen LogP contribution in [-0.4, -0.2) is 4.62 Å². The highest BCUT2D eigenvalue weighted by Gasteiger charge is 2.30. The maximum atomic E-state index is 13.0. The topological polar surface area (TPSA) is 33.6 Å². The largest absolute Gasteiger partial charge is 0.416 e. The first-order valence-corrected chi connectivity index (χ1v) is 8.99. The fraction of sp³-hybridized carbons (Fsp3) is 0.316. The normalized spacial score (nSPS) is 17.2. The monoisotopic (exact) mass is 426 g/mol. The van der Waals surface area contributed by atoms with E-state index in [0.717, 1.165) is 33.6 Å². The Hall–Kier alpha value is -2.02. The Morgan fingerprint density at radius 1 is 1.19 bits per heavy atom. The lowest BCUT2D eigenvalue weighted by Gasteiger charge is -2.18. The molecule has 0 saturated heterocycles. The minimum atomic E-state index is -4.37. The molecule has 26 heavy (non-hydrogen) atoms. The third-order valence-corrected chi connectivity index (χ3v) is 4.64. The first kappa shape index (κ1) is 18.8. The zero-order valence-electron chi connectivity index (χ0n) is 14.3. The molecule has 0 fully saturated rings. The number of anilines is 2. The van der Waals surface area contributed by atoms with Crippen LogP contribution in [0.15, 0.2) is 47.6 Å². The van der Waals surface area contributed by atoms with Crippen molar-refractivity contribution in [3.05, 3.63) is 59.2 Å². The molecule has 1 aliphatic rings. The molecule has 0 unspecified atom stereocenters. The van der Waals surface area contributed by atoms with Gasteiger partial charge in [0.05, 0.1) is 5.56 Å². The van der Waals surface area contributed by atoms with Gasteiger partial charge in [-0.2, -0.15) is 13.2 Å². The van der Waals surface area contributed by atoms with E-state index < -0.39 is 11.7 Å². The second kappa shape index (κ2) is 7.31. The highest BCUT2D eigenvalue weighted by molar-refractivity contribution is 9.18. The maximum Gasteiger partial charge on any atom is 0.416 e. The standard InChI is InChI=1S/C19H18BrF3N2O/c1-11(2)15-7-6-12(17-10-18(20)25-26-17)8-16(15)24-14-5-3-4-13(9-14)19(21,22)23/h3-9,11,17,24H,10H2,1-2H3/t17-/m1/s1. The van der Waals surface area contributed by atoms with Crippen molar-refractivity contribution < 1.29 is 18.0 Å². The molecule has 7 heteroatoms. The fourth-order valence-corrected chi connectivity index (χ4v) is 3.22. The van der Waals surface area contributed by atoms with Crippen LogP contribution in [-0.2, 0) is 11.0 Å². The van der Waals surface area contributed by atoms with Gasteiger partial charge in [0.1, 0.15) is 4.62 Å². The first-order valence-electron chi connectivity index (χ1n) is 8.20. The van der Waals surface area contributed by atoms with E-state index in [-0.39, 0.29) is 12.0 Å². The summed E-state index contributed by atoms with van der Waals surface area (Å²) in [4.78, 5) is 5.39. The van der Waals surface area contributed by atoms with E-state index in [1.54, 1.807) is 6.07 Å². The summed E-state index contributed by atoms with van der Waals surface area (Å²) in [5.74, 6) is 0.213. The van der Waals surface area contributed by atoms with Gasteiger partial charge in [0.15, 0.2) is 6.10 Å². The predicted molar refractivity (Wildman–Crippen MR) is 100 cm³/mol. The Kier molecular flexibility index (Phi) is 5.27. The highest BCUT2D eigenvalue weighted by atomic mass is 79.9. The third-order valence-electron chi connectivity index (χ3n) is 4.17. The van der Waals surface area contributed by atoms with Crippen molar-refractivity contribution >= 4 is 31.9 Å². The van der Waals surface area contributed by atoms with Gasteiger partial charge >= 0.3 is 6.18 Å². The Labute approximate surface area is 158 Å². The molecule has 3 nitrogen and oxygen atoms in total. The molecule has 0 saturated carbocycles. The van der Waals surface area contributed by atoms with Crippen LogP contribution in [0.4, 0.5) is 24.5 Å². The van der Waals surface area contributed by atoms with Crippen molar-refractivity contribution in [3.8, 4) is 0 Å². The van der Waals surface area contributed by atoms with E-state index in [1.807, 2.05) is 32.0 Å². The Morgan fingerprint density at radius 3 is 2.58 bits per heavy atom. The van der Waals surface area contributed by atoms with E-state index in [4.69, 9.17) is 4.84 Å². The molecule has 1 heterocycles. The van der Waals surface area contributed by atoms with Gasteiger partial charge in [0.2, 0.25) is 0 Å². The van der Waals surface area contributed by atoms with Crippen LogP contribution in [0.3, 0.4) is 0 Å². The summed E-state index contributed by atoms with van der Waals surface area (Å²) < 4.78 is 39.6. The molecular formula is C19H18BrF3N2O. The number of nitrogens with zero attached hydrogens (tertiary/aromatic N) is 1. The van der Waals surface area contributed by atoms with Gasteiger partial charge in [-0.05, 0) is 57.2 Å². The Morgan fingerprint density at radius 2 is 1.96 bits per heavy atom. The smallest absolute Gasteiger partial charge is 0.386 e. The Bertz CT molecular complexity index is 834. The molecule has 2 aromatic carbocycles. The van der Waals surface area contributed by atoms with Crippen molar-refractivity contribution in [3.63, 3.8) is 0 Å². The molecule has 1 N–H and O–H groups in total. The van der Waals surface area contributed by atoms with E-state index in [9.17, 15) is 13.2 Å². The van der Waals surface area contributed by atoms with Crippen molar-refractivity contribution in [2.45, 2.75) is 38.5 Å². The van der Waals surface area contributed by atoms with Crippen LogP contribution in [0, 0.1) is 0 Å². The summed E-state index contributed by atoms with van der Waals surface area (Å²) >= 11 is 3.32. The average molecular weight is 427 g/mol. The predicted octanol–water partition coefficient (Wildman–Crippen LogP) is 6.74. The maximum absolute atomic E-state index is 13.0. The number of hydrogen-bond donors (Lipinski definition) is 1. The summed E-state index contributed by atoms with van der Waals surface area (Å²) in [5, 5.41) is 7.03. The summed E-state index contributed by atoms with van der Waals surface area (Å²) in [5.41, 5.74) is 2.42. The summed E-state index contributed by atoms with van der Waals surface area (Å²) in [6, 6.07) is 11.1. The summed E-state index contributed by atoms with van der Waals surface area (Å²) in [7, 11) is 0. The molecule has 0 amide bonds. The minimum Gasteiger partial charge on any atom is -0.386 e. The van der Waals surface area contributed by atoms with Crippen LogP contribution in [0.25, 0.3) is 0 Å². The zero-order chi connectivity index (χ0) is 18.9. The minimum absolute atomic E-state index is 0.201. The average Bonchev–Trinajstić information content (AvgIpc) is 3.00. The molecule has 3 rings (SSSR count). The van der Waals surface area contributed by atoms with Gasteiger partial charge in [-0.15, -0.1) is 0 Å². The fourth-order valence-electron chi connectivity index (χ4n) is 2.84. The summed E-state index contributed by atoms with van der Waals surface area (Å²) in [6.07, 6.45) is -3.95. The second-order valence-electron chi connectivity index (χ2n) is 6.47. The molecule has 138 valence electrons. The number of hydrogen-bond acceptors (Lipinski definition) is 3. The van der Waals surface area contributed by atoms with Gasteiger partial charge in [-0.3, -0.25) is 0 Å². The first-order chi connectivity index (χ1) is 12.2. The van der Waals surface area contributed by atoms with Gasteiger partial charge in [0.25, 0.3) is 0 Å². The number of rotatable bonds is 4. The molecule has 1 aliphatic heterocycles. The number of nitrogens with one attached hydrogen (secondary N) is 1. The van der Waals surface area contributed by atoms with Crippen molar-refractivity contribution in [2.75, 3.05) is 5.32 Å². The second-order valence-corrected chi connectivity index (χ2v) is 7.39. The highest BCUT2D eigenvalue weighted by Crippen LogP contribution is 2.36. The molecule has 0 spiro atoms. The number of alkyl halides is 3. The van der Waals surface area contributed by atoms with Crippen LogP contribution in [0.2, 0.25) is 0 Å².